The highest BCUT2D eigenvalue weighted by atomic mass is 19.1. The molecule has 2 atom stereocenters. The van der Waals surface area contributed by atoms with Gasteiger partial charge in [-0.15, -0.1) is 0 Å². The van der Waals surface area contributed by atoms with Crippen molar-refractivity contribution in [2.45, 2.75) is 25.8 Å². The molecule has 2 unspecified atom stereocenters. The minimum absolute atomic E-state index is 0.0653. The molecule has 1 aromatic heterocycles. The van der Waals surface area contributed by atoms with Gasteiger partial charge in [0.2, 0.25) is 5.91 Å². The van der Waals surface area contributed by atoms with E-state index in [-0.39, 0.29) is 29.6 Å². The van der Waals surface area contributed by atoms with E-state index >= 15 is 0 Å². The minimum atomic E-state index is -0.379. The Bertz CT molecular complexity index is 1030. The smallest absolute Gasteiger partial charge is 0.253 e. The van der Waals surface area contributed by atoms with E-state index < -0.39 is 0 Å². The summed E-state index contributed by atoms with van der Waals surface area (Å²) in [5.74, 6) is -0.885. The van der Waals surface area contributed by atoms with Gasteiger partial charge < -0.3 is 10.2 Å². The average molecular weight is 421 g/mol. The third-order valence-electron chi connectivity index (χ3n) is 5.61. The zero-order valence-corrected chi connectivity index (χ0v) is 17.2. The number of rotatable bonds is 5. The molecular formula is C23H24FN5O2. The van der Waals surface area contributed by atoms with Crippen molar-refractivity contribution in [3.05, 3.63) is 78.1 Å². The number of carbonyl (C=O) groups excluding carboxylic acids is 2. The van der Waals surface area contributed by atoms with Crippen molar-refractivity contribution in [1.29, 1.82) is 0 Å². The van der Waals surface area contributed by atoms with Crippen LogP contribution in [0.25, 0.3) is 5.69 Å². The molecule has 0 bridgehead atoms. The largest absolute Gasteiger partial charge is 0.349 e. The Balaban J connectivity index is 1.36. The number of likely N-dealkylation sites (tertiary alicyclic amines) is 1. The van der Waals surface area contributed by atoms with Crippen molar-refractivity contribution >= 4 is 11.8 Å². The van der Waals surface area contributed by atoms with E-state index in [9.17, 15) is 14.0 Å². The Morgan fingerprint density at radius 1 is 1.13 bits per heavy atom. The number of aromatic nitrogens is 3. The zero-order chi connectivity index (χ0) is 21.8. The van der Waals surface area contributed by atoms with Gasteiger partial charge in [-0.2, -0.15) is 5.10 Å². The number of nitrogens with one attached hydrogen (secondary N) is 1. The summed E-state index contributed by atoms with van der Waals surface area (Å²) >= 11 is 0. The monoisotopic (exact) mass is 421 g/mol. The Morgan fingerprint density at radius 3 is 2.55 bits per heavy atom. The van der Waals surface area contributed by atoms with Gasteiger partial charge in [0.1, 0.15) is 18.5 Å². The Morgan fingerprint density at radius 2 is 1.87 bits per heavy atom. The van der Waals surface area contributed by atoms with Crippen LogP contribution >= 0.6 is 0 Å². The van der Waals surface area contributed by atoms with Gasteiger partial charge >= 0.3 is 0 Å². The van der Waals surface area contributed by atoms with Crippen LogP contribution < -0.4 is 5.32 Å². The molecule has 1 fully saturated rings. The molecule has 0 aliphatic carbocycles. The van der Waals surface area contributed by atoms with Gasteiger partial charge in [-0.05, 0) is 61.7 Å². The first kappa shape index (κ1) is 20.7. The maximum atomic E-state index is 13.1. The fourth-order valence-electron chi connectivity index (χ4n) is 3.82. The van der Waals surface area contributed by atoms with Crippen LogP contribution in [0.4, 0.5) is 4.39 Å². The van der Waals surface area contributed by atoms with E-state index in [1.807, 2.05) is 31.2 Å². The van der Waals surface area contributed by atoms with E-state index in [0.29, 0.717) is 18.7 Å². The van der Waals surface area contributed by atoms with E-state index in [1.165, 1.54) is 30.6 Å². The summed E-state index contributed by atoms with van der Waals surface area (Å²) in [7, 11) is 0. The number of halogens is 1. The number of benzene rings is 2. The SMILES string of the molecule is CC(NC(=O)C1CCCN(C(=O)c2ccc(F)cc2)C1)c1ccc(-n2cncn2)cc1. The predicted molar refractivity (Wildman–Crippen MR) is 113 cm³/mol. The lowest BCUT2D eigenvalue weighted by Crippen LogP contribution is -2.45. The number of piperidine rings is 1. The van der Waals surface area contributed by atoms with Crippen molar-refractivity contribution in [3.8, 4) is 5.69 Å². The van der Waals surface area contributed by atoms with Gasteiger partial charge in [-0.1, -0.05) is 12.1 Å². The van der Waals surface area contributed by atoms with Crippen molar-refractivity contribution in [2.24, 2.45) is 5.92 Å². The van der Waals surface area contributed by atoms with Crippen LogP contribution in [0.2, 0.25) is 0 Å². The topological polar surface area (TPSA) is 80.1 Å². The van der Waals surface area contributed by atoms with Crippen LogP contribution in [0.5, 0.6) is 0 Å². The molecule has 1 saturated heterocycles. The van der Waals surface area contributed by atoms with Crippen molar-refractivity contribution in [2.75, 3.05) is 13.1 Å². The van der Waals surface area contributed by atoms with E-state index in [2.05, 4.69) is 15.4 Å². The Labute approximate surface area is 179 Å². The lowest BCUT2D eigenvalue weighted by Gasteiger charge is -2.32. The highest BCUT2D eigenvalue weighted by molar-refractivity contribution is 5.94. The fraction of sp³-hybridized carbons (Fsp3) is 0.304. The highest BCUT2D eigenvalue weighted by Crippen LogP contribution is 2.21. The first-order valence-electron chi connectivity index (χ1n) is 10.3. The summed E-state index contributed by atoms with van der Waals surface area (Å²) in [6, 6.07) is 13.1. The molecule has 0 radical (unpaired) electrons. The molecule has 7 nitrogen and oxygen atoms in total. The summed E-state index contributed by atoms with van der Waals surface area (Å²) < 4.78 is 14.8. The zero-order valence-electron chi connectivity index (χ0n) is 17.2. The summed E-state index contributed by atoms with van der Waals surface area (Å²) in [6.45, 7) is 2.89. The number of carbonyl (C=O) groups is 2. The average Bonchev–Trinajstić information content (AvgIpc) is 3.34. The number of nitrogens with zero attached hydrogens (tertiary/aromatic N) is 4. The Kier molecular flexibility index (Phi) is 6.06. The standard InChI is InChI=1S/C23H24FN5O2/c1-16(17-6-10-21(11-7-17)29-15-25-14-26-29)27-22(30)19-3-2-12-28(13-19)23(31)18-4-8-20(24)9-5-18/h4-11,14-16,19H,2-3,12-13H2,1H3,(H,27,30). The summed E-state index contributed by atoms with van der Waals surface area (Å²) in [6.07, 6.45) is 4.59. The molecule has 3 aromatic rings. The molecule has 2 aromatic carbocycles. The van der Waals surface area contributed by atoms with Crippen LogP contribution in [-0.4, -0.2) is 44.6 Å². The molecule has 2 amide bonds. The third-order valence-corrected chi connectivity index (χ3v) is 5.61. The van der Waals surface area contributed by atoms with Gasteiger partial charge in [-0.3, -0.25) is 9.59 Å². The normalized spacial score (nSPS) is 17.2. The van der Waals surface area contributed by atoms with Gasteiger partial charge in [-0.25, -0.2) is 14.1 Å². The minimum Gasteiger partial charge on any atom is -0.349 e. The lowest BCUT2D eigenvalue weighted by atomic mass is 9.95. The maximum Gasteiger partial charge on any atom is 0.253 e. The summed E-state index contributed by atoms with van der Waals surface area (Å²) in [5, 5.41) is 7.17. The van der Waals surface area contributed by atoms with Crippen molar-refractivity contribution in [3.63, 3.8) is 0 Å². The molecule has 160 valence electrons. The van der Waals surface area contributed by atoms with Crippen LogP contribution in [-0.2, 0) is 4.79 Å². The fourth-order valence-corrected chi connectivity index (χ4v) is 3.82. The lowest BCUT2D eigenvalue weighted by molar-refractivity contribution is -0.127. The highest BCUT2D eigenvalue weighted by Gasteiger charge is 2.29. The second-order valence-electron chi connectivity index (χ2n) is 7.76. The maximum absolute atomic E-state index is 13.1. The molecule has 1 aliphatic rings. The quantitative estimate of drug-likeness (QED) is 0.686. The Hall–Kier alpha value is -3.55. The van der Waals surface area contributed by atoms with Gasteiger partial charge in [0.15, 0.2) is 0 Å². The van der Waals surface area contributed by atoms with Gasteiger partial charge in [0.05, 0.1) is 17.6 Å². The first-order chi connectivity index (χ1) is 15.0. The number of hydrogen-bond acceptors (Lipinski definition) is 4. The van der Waals surface area contributed by atoms with Gasteiger partial charge in [0.25, 0.3) is 5.91 Å². The molecule has 0 saturated carbocycles. The third kappa shape index (κ3) is 4.79. The predicted octanol–water partition coefficient (Wildman–Crippen LogP) is 3.14. The molecule has 1 aliphatic heterocycles. The molecule has 0 spiro atoms. The molecule has 31 heavy (non-hydrogen) atoms. The summed E-state index contributed by atoms with van der Waals surface area (Å²) in [4.78, 5) is 31.2. The van der Waals surface area contributed by atoms with Crippen LogP contribution in [0, 0.1) is 11.7 Å². The second kappa shape index (κ2) is 9.07. The molecule has 1 N–H and O–H groups in total. The van der Waals surface area contributed by atoms with Gasteiger partial charge in [0, 0.05) is 18.7 Å². The molecular weight excluding hydrogens is 397 g/mol. The van der Waals surface area contributed by atoms with Crippen LogP contribution in [0.15, 0.2) is 61.2 Å². The van der Waals surface area contributed by atoms with E-state index in [4.69, 9.17) is 0 Å². The summed E-state index contributed by atoms with van der Waals surface area (Å²) in [5.41, 5.74) is 2.30. The van der Waals surface area contributed by atoms with Crippen molar-refractivity contribution < 1.29 is 14.0 Å². The second-order valence-corrected chi connectivity index (χ2v) is 7.76. The van der Waals surface area contributed by atoms with E-state index in [0.717, 1.165) is 24.1 Å². The van der Waals surface area contributed by atoms with Crippen molar-refractivity contribution in [1.82, 2.24) is 25.0 Å². The van der Waals surface area contributed by atoms with Crippen LogP contribution in [0.3, 0.4) is 0 Å². The number of hydrogen-bond donors (Lipinski definition) is 1. The van der Waals surface area contributed by atoms with Crippen LogP contribution in [0.1, 0.15) is 41.7 Å². The molecule has 4 rings (SSSR count). The molecule has 8 heteroatoms. The van der Waals surface area contributed by atoms with E-state index in [1.54, 1.807) is 15.9 Å². The first-order valence-corrected chi connectivity index (χ1v) is 10.3. The number of amides is 2. The molecule has 2 heterocycles.